The molecule has 2 unspecified atom stereocenters. The number of hydrogen-bond donors (Lipinski definition) is 0. The predicted octanol–water partition coefficient (Wildman–Crippen LogP) is 2.52. The van der Waals surface area contributed by atoms with Crippen molar-refractivity contribution in [3.05, 3.63) is 0 Å². The number of hydrogen-bond acceptors (Lipinski definition) is 4. The molecular weight excluding hydrogens is 248 g/mol. The van der Waals surface area contributed by atoms with Crippen LogP contribution in [0, 0.1) is 0 Å². The molecule has 18 heavy (non-hydrogen) atoms. The van der Waals surface area contributed by atoms with Gasteiger partial charge < -0.3 is 18.3 Å². The smallest absolute Gasteiger partial charge is 0.387 e. The van der Waals surface area contributed by atoms with Crippen LogP contribution < -0.4 is 0 Å². The van der Waals surface area contributed by atoms with Gasteiger partial charge in [-0.25, -0.2) is 0 Å². The van der Waals surface area contributed by atoms with Crippen molar-refractivity contribution in [2.75, 3.05) is 13.2 Å². The van der Waals surface area contributed by atoms with Crippen LogP contribution in [0.15, 0.2) is 0 Å². The molecule has 107 valence electrons. The third-order valence-electron chi connectivity index (χ3n) is 2.50. The van der Waals surface area contributed by atoms with Gasteiger partial charge in [0.05, 0.1) is 19.3 Å². The van der Waals surface area contributed by atoms with Crippen molar-refractivity contribution in [3.8, 4) is 0 Å². The Hall–Kier alpha value is 0.0569. The van der Waals surface area contributed by atoms with Gasteiger partial charge in [-0.05, 0) is 34.1 Å². The molecule has 4 nitrogen and oxygen atoms in total. The summed E-state index contributed by atoms with van der Waals surface area (Å²) >= 11 is 0. The van der Waals surface area contributed by atoms with Crippen molar-refractivity contribution in [1.82, 2.24) is 0 Å². The fraction of sp³-hybridized carbons (Fsp3) is 1.00. The summed E-state index contributed by atoms with van der Waals surface area (Å²) in [4.78, 5) is 0. The van der Waals surface area contributed by atoms with E-state index in [-0.39, 0.29) is 18.3 Å². The van der Waals surface area contributed by atoms with E-state index < -0.39 is 9.28 Å². The molecule has 1 heterocycles. The molecule has 0 saturated carbocycles. The molecule has 1 aliphatic heterocycles. The highest BCUT2D eigenvalue weighted by atomic mass is 28.3. The van der Waals surface area contributed by atoms with E-state index in [1.54, 1.807) is 0 Å². The molecule has 1 rings (SSSR count). The largest absolute Gasteiger partial charge is 0.391 e. The second-order valence-corrected chi connectivity index (χ2v) is 6.85. The van der Waals surface area contributed by atoms with Crippen molar-refractivity contribution in [2.45, 2.75) is 71.5 Å². The molecule has 0 aromatic carbocycles. The molecule has 0 N–H and O–H groups in total. The molecule has 5 heteroatoms. The molecule has 0 bridgehead atoms. The van der Waals surface area contributed by atoms with E-state index in [4.69, 9.17) is 18.3 Å². The summed E-state index contributed by atoms with van der Waals surface area (Å²) in [6, 6.07) is 0.879. The average Bonchev–Trinajstić information content (AvgIpc) is 3.05. The van der Waals surface area contributed by atoms with Gasteiger partial charge in [0.2, 0.25) is 0 Å². The summed E-state index contributed by atoms with van der Waals surface area (Å²) in [7, 11) is -1.25. The number of epoxide rings is 1. The molecule has 0 amide bonds. The van der Waals surface area contributed by atoms with E-state index in [0.717, 1.165) is 19.1 Å². The number of ether oxygens (including phenoxy) is 2. The molecule has 1 saturated heterocycles. The van der Waals surface area contributed by atoms with E-state index in [2.05, 4.69) is 6.92 Å². The third-order valence-corrected chi connectivity index (χ3v) is 4.76. The molecule has 2 atom stereocenters. The van der Waals surface area contributed by atoms with Gasteiger partial charge in [-0.3, -0.25) is 0 Å². The van der Waals surface area contributed by atoms with Crippen LogP contribution in [-0.2, 0) is 18.3 Å². The normalized spacial score (nSPS) is 21.0. The first-order valence-corrected chi connectivity index (χ1v) is 8.46. The quantitative estimate of drug-likeness (QED) is 0.454. The summed E-state index contributed by atoms with van der Waals surface area (Å²) in [6.07, 6.45) is 1.96. The van der Waals surface area contributed by atoms with Crippen molar-refractivity contribution in [3.63, 3.8) is 0 Å². The van der Waals surface area contributed by atoms with Gasteiger partial charge in [0, 0.05) is 18.3 Å². The standard InChI is InChI=1S/C13H27O4Si/c1-6-12(14-7-13-8-15-13)9-18(16-10(2)3)17-11(4)5/h10-13H,6-9H2,1-5H3. The lowest BCUT2D eigenvalue weighted by Gasteiger charge is -2.24. The summed E-state index contributed by atoms with van der Waals surface area (Å²) in [5.41, 5.74) is 0. The summed E-state index contributed by atoms with van der Waals surface area (Å²) in [6.45, 7) is 11.9. The minimum absolute atomic E-state index is 0.210. The molecular formula is C13H27O4Si. The molecule has 0 spiro atoms. The van der Waals surface area contributed by atoms with Crippen molar-refractivity contribution >= 4 is 9.28 Å². The van der Waals surface area contributed by atoms with Crippen LogP contribution in [0.3, 0.4) is 0 Å². The van der Waals surface area contributed by atoms with Crippen LogP contribution in [0.5, 0.6) is 0 Å². The molecule has 1 fully saturated rings. The highest BCUT2D eigenvalue weighted by Crippen LogP contribution is 2.16. The lowest BCUT2D eigenvalue weighted by atomic mass is 10.3. The maximum atomic E-state index is 5.88. The van der Waals surface area contributed by atoms with Crippen LogP contribution in [0.1, 0.15) is 41.0 Å². The number of rotatable bonds is 10. The Bertz CT molecular complexity index is 209. The molecule has 0 aliphatic carbocycles. The van der Waals surface area contributed by atoms with E-state index in [1.807, 2.05) is 27.7 Å². The first kappa shape index (κ1) is 16.1. The first-order valence-electron chi connectivity index (χ1n) is 6.93. The molecule has 0 aromatic rings. The highest BCUT2D eigenvalue weighted by Gasteiger charge is 2.27. The highest BCUT2D eigenvalue weighted by molar-refractivity contribution is 6.44. The van der Waals surface area contributed by atoms with Crippen LogP contribution in [0.4, 0.5) is 0 Å². The van der Waals surface area contributed by atoms with E-state index in [9.17, 15) is 0 Å². The summed E-state index contributed by atoms with van der Waals surface area (Å²) < 4.78 is 22.8. The average molecular weight is 275 g/mol. The third kappa shape index (κ3) is 7.48. The first-order chi connectivity index (χ1) is 8.51. The zero-order valence-corrected chi connectivity index (χ0v) is 13.3. The van der Waals surface area contributed by atoms with Gasteiger partial charge in [-0.2, -0.15) is 0 Å². The topological polar surface area (TPSA) is 40.2 Å². The Morgan fingerprint density at radius 2 is 1.72 bits per heavy atom. The van der Waals surface area contributed by atoms with Crippen molar-refractivity contribution in [2.24, 2.45) is 0 Å². The minimum Gasteiger partial charge on any atom is -0.391 e. The maximum absolute atomic E-state index is 5.88. The monoisotopic (exact) mass is 275 g/mol. The second-order valence-electron chi connectivity index (χ2n) is 5.23. The lowest BCUT2D eigenvalue weighted by Crippen LogP contribution is -2.34. The fourth-order valence-electron chi connectivity index (χ4n) is 1.56. The minimum atomic E-state index is -1.25. The molecule has 1 aliphatic rings. The van der Waals surface area contributed by atoms with Gasteiger partial charge in [0.1, 0.15) is 6.10 Å². The summed E-state index contributed by atoms with van der Waals surface area (Å²) in [5, 5.41) is 0. The zero-order chi connectivity index (χ0) is 13.5. The van der Waals surface area contributed by atoms with Crippen LogP contribution >= 0.6 is 0 Å². The van der Waals surface area contributed by atoms with Crippen molar-refractivity contribution < 1.29 is 18.3 Å². The van der Waals surface area contributed by atoms with Crippen LogP contribution in [0.2, 0.25) is 6.04 Å². The van der Waals surface area contributed by atoms with Gasteiger partial charge in [-0.1, -0.05) is 6.92 Å². The molecule has 0 aromatic heterocycles. The Morgan fingerprint density at radius 1 is 1.17 bits per heavy atom. The second kappa shape index (κ2) is 8.27. The lowest BCUT2D eigenvalue weighted by molar-refractivity contribution is 0.0403. The molecule has 1 radical (unpaired) electrons. The Labute approximate surface area is 113 Å². The van der Waals surface area contributed by atoms with E-state index in [0.29, 0.717) is 12.7 Å². The Morgan fingerprint density at radius 3 is 2.11 bits per heavy atom. The van der Waals surface area contributed by atoms with Gasteiger partial charge >= 0.3 is 9.28 Å². The Kier molecular flexibility index (Phi) is 7.40. The van der Waals surface area contributed by atoms with Gasteiger partial charge in [0.15, 0.2) is 0 Å². The zero-order valence-electron chi connectivity index (χ0n) is 12.3. The van der Waals surface area contributed by atoms with Crippen LogP contribution in [0.25, 0.3) is 0 Å². The maximum Gasteiger partial charge on any atom is 0.387 e. The SMILES string of the molecule is CCC(C[Si](OC(C)C)OC(C)C)OCC1CO1. The Balaban J connectivity index is 2.33. The van der Waals surface area contributed by atoms with E-state index >= 15 is 0 Å². The van der Waals surface area contributed by atoms with Crippen molar-refractivity contribution in [1.29, 1.82) is 0 Å². The fourth-order valence-corrected chi connectivity index (χ4v) is 3.64. The van der Waals surface area contributed by atoms with E-state index in [1.165, 1.54) is 0 Å². The van der Waals surface area contributed by atoms with Gasteiger partial charge in [-0.15, -0.1) is 0 Å². The van der Waals surface area contributed by atoms with Crippen LogP contribution in [-0.4, -0.2) is 46.9 Å². The van der Waals surface area contributed by atoms with Gasteiger partial charge in [0.25, 0.3) is 0 Å². The summed E-state index contributed by atoms with van der Waals surface area (Å²) in [5.74, 6) is 0. The predicted molar refractivity (Wildman–Crippen MR) is 72.8 cm³/mol.